The van der Waals surface area contributed by atoms with E-state index >= 15 is 0 Å². The Balaban J connectivity index is 2.82. The Kier molecular flexibility index (Phi) is 3.15. The van der Waals surface area contributed by atoms with Crippen LogP contribution in [0.25, 0.3) is 0 Å². The lowest BCUT2D eigenvalue weighted by atomic mass is 9.81. The number of methoxy groups -OCH3 is 1. The molecule has 19 heavy (non-hydrogen) atoms. The third-order valence-electron chi connectivity index (χ3n) is 3.49. The van der Waals surface area contributed by atoms with Crippen molar-refractivity contribution < 1.29 is 29.6 Å². The van der Waals surface area contributed by atoms with Gasteiger partial charge in [-0.3, -0.25) is 0 Å². The molecule has 0 amide bonds. The quantitative estimate of drug-likeness (QED) is 0.674. The Morgan fingerprint density at radius 2 is 2.16 bits per heavy atom. The summed E-state index contributed by atoms with van der Waals surface area (Å²) in [5, 5.41) is 30.2. The number of fused-ring (bicyclic) bond motifs is 1. The molecule has 2 rings (SSSR count). The van der Waals surface area contributed by atoms with Crippen LogP contribution in [-0.2, 0) is 10.3 Å². The van der Waals surface area contributed by atoms with Crippen LogP contribution >= 0.6 is 0 Å². The number of ether oxygens (including phenoxy) is 2. The standard InChI is InChI=1S/C13H16O6/c1-6-9(18-3)4-8(15)10-11(6)13(17,7(2)14)5-19-12(10)16/h4,7,14-15,17H,5H2,1-3H3/t7-,13-/m1/s1. The molecule has 0 saturated carbocycles. The van der Waals surface area contributed by atoms with Gasteiger partial charge in [-0.2, -0.15) is 0 Å². The van der Waals surface area contributed by atoms with Crippen LogP contribution in [0.1, 0.15) is 28.4 Å². The van der Waals surface area contributed by atoms with E-state index < -0.39 is 17.7 Å². The fourth-order valence-electron chi connectivity index (χ4n) is 2.35. The summed E-state index contributed by atoms with van der Waals surface area (Å²) in [5.74, 6) is -0.755. The predicted molar refractivity (Wildman–Crippen MR) is 65.3 cm³/mol. The van der Waals surface area contributed by atoms with E-state index in [-0.39, 0.29) is 23.5 Å². The van der Waals surface area contributed by atoms with Crippen molar-refractivity contribution in [1.29, 1.82) is 0 Å². The molecule has 1 aromatic carbocycles. The van der Waals surface area contributed by atoms with Crippen LogP contribution in [0.5, 0.6) is 11.5 Å². The van der Waals surface area contributed by atoms with E-state index in [1.54, 1.807) is 6.92 Å². The smallest absolute Gasteiger partial charge is 0.342 e. The highest BCUT2D eigenvalue weighted by atomic mass is 16.5. The molecule has 0 aliphatic carbocycles. The summed E-state index contributed by atoms with van der Waals surface area (Å²) in [6, 6.07) is 1.28. The van der Waals surface area contributed by atoms with Crippen molar-refractivity contribution in [1.82, 2.24) is 0 Å². The van der Waals surface area contributed by atoms with Crippen molar-refractivity contribution in [3.05, 3.63) is 22.8 Å². The van der Waals surface area contributed by atoms with Crippen LogP contribution in [0.4, 0.5) is 0 Å². The van der Waals surface area contributed by atoms with Gasteiger partial charge in [-0.05, 0) is 19.4 Å². The van der Waals surface area contributed by atoms with E-state index in [4.69, 9.17) is 9.47 Å². The summed E-state index contributed by atoms with van der Waals surface area (Å²) in [7, 11) is 1.41. The zero-order valence-corrected chi connectivity index (χ0v) is 10.9. The van der Waals surface area contributed by atoms with E-state index in [0.717, 1.165) is 0 Å². The van der Waals surface area contributed by atoms with Gasteiger partial charge in [-0.15, -0.1) is 0 Å². The SMILES string of the molecule is COc1cc(O)c2c(c1C)[C@](O)([C@@H](C)O)COC2=O. The second kappa shape index (κ2) is 4.40. The molecule has 0 bridgehead atoms. The van der Waals surface area contributed by atoms with Gasteiger partial charge in [-0.25, -0.2) is 4.79 Å². The van der Waals surface area contributed by atoms with Gasteiger partial charge in [0.1, 0.15) is 23.7 Å². The molecule has 3 N–H and O–H groups in total. The average molecular weight is 268 g/mol. The van der Waals surface area contributed by atoms with Crippen molar-refractivity contribution in [3.8, 4) is 11.5 Å². The first-order chi connectivity index (χ1) is 8.82. The molecular weight excluding hydrogens is 252 g/mol. The van der Waals surface area contributed by atoms with Crippen LogP contribution in [0.2, 0.25) is 0 Å². The minimum absolute atomic E-state index is 0.132. The number of carbonyl (C=O) groups excluding carboxylic acids is 1. The number of aromatic hydroxyl groups is 1. The zero-order valence-electron chi connectivity index (χ0n) is 10.9. The van der Waals surface area contributed by atoms with Crippen molar-refractivity contribution in [2.75, 3.05) is 13.7 Å². The zero-order chi connectivity index (χ0) is 14.4. The van der Waals surface area contributed by atoms with Gasteiger partial charge >= 0.3 is 5.97 Å². The maximum Gasteiger partial charge on any atom is 0.342 e. The third kappa shape index (κ3) is 1.84. The monoisotopic (exact) mass is 268 g/mol. The number of benzene rings is 1. The summed E-state index contributed by atoms with van der Waals surface area (Å²) < 4.78 is 9.94. The van der Waals surface area contributed by atoms with Gasteiger partial charge < -0.3 is 24.8 Å². The molecule has 0 aromatic heterocycles. The Morgan fingerprint density at radius 1 is 1.53 bits per heavy atom. The second-order valence-corrected chi connectivity index (χ2v) is 4.65. The molecule has 1 aliphatic heterocycles. The van der Waals surface area contributed by atoms with Gasteiger partial charge in [0, 0.05) is 11.6 Å². The first-order valence-electron chi connectivity index (χ1n) is 5.81. The number of rotatable bonds is 2. The fraction of sp³-hybridized carbons (Fsp3) is 0.462. The van der Waals surface area contributed by atoms with Crippen molar-refractivity contribution >= 4 is 5.97 Å². The average Bonchev–Trinajstić information content (AvgIpc) is 2.36. The lowest BCUT2D eigenvalue weighted by Crippen LogP contribution is -2.47. The number of esters is 1. The maximum absolute atomic E-state index is 11.8. The van der Waals surface area contributed by atoms with Crippen LogP contribution in [0, 0.1) is 6.92 Å². The number of carbonyl (C=O) groups is 1. The van der Waals surface area contributed by atoms with Crippen LogP contribution in [0.3, 0.4) is 0 Å². The molecule has 1 aromatic rings. The number of hydrogen-bond donors (Lipinski definition) is 3. The van der Waals surface area contributed by atoms with Crippen molar-refractivity contribution in [2.24, 2.45) is 0 Å². The molecule has 1 aliphatic rings. The molecule has 0 spiro atoms. The lowest BCUT2D eigenvalue weighted by Gasteiger charge is -2.37. The summed E-state index contributed by atoms with van der Waals surface area (Å²) in [4.78, 5) is 11.8. The maximum atomic E-state index is 11.8. The molecule has 2 atom stereocenters. The van der Waals surface area contributed by atoms with Crippen LogP contribution < -0.4 is 4.74 Å². The fourth-order valence-corrected chi connectivity index (χ4v) is 2.35. The highest BCUT2D eigenvalue weighted by Crippen LogP contribution is 2.43. The van der Waals surface area contributed by atoms with Gasteiger partial charge in [0.05, 0.1) is 13.2 Å². The number of cyclic esters (lactones) is 1. The molecular formula is C13H16O6. The van der Waals surface area contributed by atoms with Crippen molar-refractivity contribution in [3.63, 3.8) is 0 Å². The Hall–Kier alpha value is -1.79. The molecule has 6 heteroatoms. The molecule has 0 unspecified atom stereocenters. The van der Waals surface area contributed by atoms with E-state index in [1.165, 1.54) is 20.1 Å². The third-order valence-corrected chi connectivity index (χ3v) is 3.49. The van der Waals surface area contributed by atoms with Gasteiger partial charge in [0.25, 0.3) is 0 Å². The van der Waals surface area contributed by atoms with Crippen molar-refractivity contribution in [2.45, 2.75) is 25.6 Å². The Morgan fingerprint density at radius 3 is 2.68 bits per heavy atom. The van der Waals surface area contributed by atoms with Gasteiger partial charge in [0.2, 0.25) is 0 Å². The highest BCUT2D eigenvalue weighted by molar-refractivity contribution is 5.96. The molecule has 0 radical (unpaired) electrons. The minimum atomic E-state index is -1.76. The van der Waals surface area contributed by atoms with E-state index in [0.29, 0.717) is 11.3 Å². The number of aliphatic hydroxyl groups is 2. The lowest BCUT2D eigenvalue weighted by molar-refractivity contribution is -0.115. The Labute approximate surface area is 110 Å². The molecule has 1 heterocycles. The summed E-state index contributed by atoms with van der Waals surface area (Å²) in [6.45, 7) is 2.66. The summed E-state index contributed by atoms with van der Waals surface area (Å²) in [5.41, 5.74) is -1.27. The van der Waals surface area contributed by atoms with Gasteiger partial charge in [0.15, 0.2) is 5.60 Å². The van der Waals surface area contributed by atoms with E-state index in [1.807, 2.05) is 0 Å². The van der Waals surface area contributed by atoms with Crippen LogP contribution in [-0.4, -0.2) is 41.1 Å². The molecule has 104 valence electrons. The Bertz CT molecular complexity index is 536. The van der Waals surface area contributed by atoms with E-state index in [2.05, 4.69) is 0 Å². The highest BCUT2D eigenvalue weighted by Gasteiger charge is 2.46. The van der Waals surface area contributed by atoms with E-state index in [9.17, 15) is 20.1 Å². The van der Waals surface area contributed by atoms with Crippen LogP contribution in [0.15, 0.2) is 6.07 Å². The number of hydrogen-bond acceptors (Lipinski definition) is 6. The predicted octanol–water partition coefficient (Wildman–Crippen LogP) is 0.448. The minimum Gasteiger partial charge on any atom is -0.507 e. The number of phenols is 1. The first-order valence-corrected chi connectivity index (χ1v) is 5.81. The molecule has 6 nitrogen and oxygen atoms in total. The number of aliphatic hydroxyl groups excluding tert-OH is 1. The molecule has 0 saturated heterocycles. The normalized spacial score (nSPS) is 23.5. The number of phenolic OH excluding ortho intramolecular Hbond substituents is 1. The molecule has 0 fully saturated rings. The summed E-state index contributed by atoms with van der Waals surface area (Å²) >= 11 is 0. The second-order valence-electron chi connectivity index (χ2n) is 4.65. The summed E-state index contributed by atoms with van der Waals surface area (Å²) in [6.07, 6.45) is -1.18. The first kappa shape index (κ1) is 13.6. The topological polar surface area (TPSA) is 96.2 Å². The largest absolute Gasteiger partial charge is 0.507 e. The van der Waals surface area contributed by atoms with Gasteiger partial charge in [-0.1, -0.05) is 0 Å².